The second-order valence-electron chi connectivity index (χ2n) is 8.81. The first kappa shape index (κ1) is 20.9. The van der Waals surface area contributed by atoms with E-state index in [1.807, 2.05) is 10.8 Å². The van der Waals surface area contributed by atoms with Gasteiger partial charge in [0, 0.05) is 30.4 Å². The Morgan fingerprint density at radius 2 is 1.91 bits per heavy atom. The summed E-state index contributed by atoms with van der Waals surface area (Å²) in [5, 5.41) is 9.02. The average molecular weight is 466 g/mol. The van der Waals surface area contributed by atoms with Crippen molar-refractivity contribution in [2.24, 2.45) is 0 Å². The van der Waals surface area contributed by atoms with Crippen LogP contribution in [0, 0.1) is 0 Å². The van der Waals surface area contributed by atoms with E-state index in [1.165, 1.54) is 36.2 Å². The molecule has 7 nitrogen and oxygen atoms in total. The molecule has 0 spiro atoms. The molecule has 3 aromatic heterocycles. The van der Waals surface area contributed by atoms with Gasteiger partial charge in [-0.05, 0) is 54.5 Å². The van der Waals surface area contributed by atoms with Crippen LogP contribution < -0.4 is 4.74 Å². The van der Waals surface area contributed by atoms with Gasteiger partial charge in [-0.25, -0.2) is 4.98 Å². The molecule has 0 unspecified atom stereocenters. The van der Waals surface area contributed by atoms with Gasteiger partial charge in [0.15, 0.2) is 5.69 Å². The molecule has 10 heteroatoms. The Kier molecular flexibility index (Phi) is 4.89. The van der Waals surface area contributed by atoms with Gasteiger partial charge in [0.25, 0.3) is 0 Å². The van der Waals surface area contributed by atoms with Crippen molar-refractivity contribution < 1.29 is 17.9 Å². The van der Waals surface area contributed by atoms with E-state index in [0.29, 0.717) is 29.8 Å². The molecule has 1 N–H and O–H groups in total. The van der Waals surface area contributed by atoms with Gasteiger partial charge < -0.3 is 9.30 Å². The third kappa shape index (κ3) is 3.93. The number of alkyl halides is 3. The number of aromatic amines is 1. The largest absolute Gasteiger partial charge is 0.493 e. The van der Waals surface area contributed by atoms with Crippen molar-refractivity contribution in [1.82, 2.24) is 29.9 Å². The van der Waals surface area contributed by atoms with E-state index in [1.54, 1.807) is 12.4 Å². The molecule has 4 aromatic rings. The Balaban J connectivity index is 1.25. The van der Waals surface area contributed by atoms with E-state index < -0.39 is 11.9 Å². The fraction of sp³-hybridized carbons (Fsp3) is 0.333. The van der Waals surface area contributed by atoms with Crippen LogP contribution in [0.15, 0.2) is 49.1 Å². The lowest BCUT2D eigenvalue weighted by Gasteiger charge is -2.26. The highest BCUT2D eigenvalue weighted by molar-refractivity contribution is 5.67. The maximum atomic E-state index is 13.2. The fourth-order valence-electron chi connectivity index (χ4n) is 4.54. The number of H-pyrrole nitrogens is 1. The van der Waals surface area contributed by atoms with Crippen LogP contribution in [0.2, 0.25) is 0 Å². The Labute approximate surface area is 193 Å². The standard InChI is InChI=1S/C24H21F3N6O/c25-24(26,27)23-22(30-32-31-23)16-5-7-28-19(10-16)20-12-33(13-29-20)11-17-6-8-34-21-4-3-15(9-18(17)21)14-1-2-14/h3-5,7,9-10,12-14,17H,1-2,6,8,11H2,(H,30,31,32)/t17-/m0/s1. The van der Waals surface area contributed by atoms with E-state index in [2.05, 4.69) is 43.6 Å². The molecule has 0 radical (unpaired) electrons. The van der Waals surface area contributed by atoms with E-state index in [0.717, 1.165) is 18.7 Å². The molecule has 1 aliphatic heterocycles. The van der Waals surface area contributed by atoms with Crippen molar-refractivity contribution in [1.29, 1.82) is 0 Å². The lowest BCUT2D eigenvalue weighted by molar-refractivity contribution is -0.140. The van der Waals surface area contributed by atoms with Gasteiger partial charge in [-0.3, -0.25) is 4.98 Å². The number of hydrogen-bond donors (Lipinski definition) is 1. The first-order valence-electron chi connectivity index (χ1n) is 11.2. The van der Waals surface area contributed by atoms with Crippen molar-refractivity contribution >= 4 is 0 Å². The number of hydrogen-bond acceptors (Lipinski definition) is 5. The summed E-state index contributed by atoms with van der Waals surface area (Å²) in [6, 6.07) is 9.57. The molecule has 4 heterocycles. The fourth-order valence-corrected chi connectivity index (χ4v) is 4.54. The summed E-state index contributed by atoms with van der Waals surface area (Å²) in [6.45, 7) is 1.41. The van der Waals surface area contributed by atoms with E-state index >= 15 is 0 Å². The zero-order valence-electron chi connectivity index (χ0n) is 18.1. The highest BCUT2D eigenvalue weighted by atomic mass is 19.4. The Hall–Kier alpha value is -3.69. The maximum Gasteiger partial charge on any atom is 0.437 e. The van der Waals surface area contributed by atoms with Crippen LogP contribution in [0.4, 0.5) is 13.2 Å². The molecule has 1 atom stereocenters. The second kappa shape index (κ2) is 7.96. The van der Waals surface area contributed by atoms with Crippen molar-refractivity contribution in [3.8, 4) is 28.4 Å². The number of ether oxygens (including phenoxy) is 1. The Morgan fingerprint density at radius 1 is 1.03 bits per heavy atom. The highest BCUT2D eigenvalue weighted by Gasteiger charge is 2.38. The van der Waals surface area contributed by atoms with Gasteiger partial charge >= 0.3 is 6.18 Å². The molecule has 174 valence electrons. The van der Waals surface area contributed by atoms with Crippen LogP contribution in [-0.2, 0) is 12.7 Å². The minimum absolute atomic E-state index is 0.263. The minimum atomic E-state index is -4.60. The number of rotatable bonds is 5. The lowest BCUT2D eigenvalue weighted by atomic mass is 9.91. The van der Waals surface area contributed by atoms with Gasteiger partial charge in [0.1, 0.15) is 17.1 Å². The monoisotopic (exact) mass is 466 g/mol. The molecule has 0 saturated heterocycles. The Bertz CT molecular complexity index is 1340. The number of nitrogens with one attached hydrogen (secondary N) is 1. The number of nitrogens with zero attached hydrogens (tertiary/aromatic N) is 5. The first-order chi connectivity index (χ1) is 16.5. The van der Waals surface area contributed by atoms with Crippen molar-refractivity contribution in [2.45, 2.75) is 43.8 Å². The molecular weight excluding hydrogens is 445 g/mol. The van der Waals surface area contributed by atoms with Crippen molar-refractivity contribution in [3.05, 3.63) is 65.9 Å². The number of pyridine rings is 1. The van der Waals surface area contributed by atoms with E-state index in [4.69, 9.17) is 4.74 Å². The molecule has 34 heavy (non-hydrogen) atoms. The van der Waals surface area contributed by atoms with Crippen LogP contribution >= 0.6 is 0 Å². The first-order valence-corrected chi connectivity index (χ1v) is 11.2. The summed E-state index contributed by atoms with van der Waals surface area (Å²) in [7, 11) is 0. The molecular formula is C24H21F3N6O. The quantitative estimate of drug-likeness (QED) is 0.438. The highest BCUT2D eigenvalue weighted by Crippen LogP contribution is 2.44. The normalized spacial score (nSPS) is 17.9. The number of benzene rings is 1. The number of fused-ring (bicyclic) bond motifs is 1. The van der Waals surface area contributed by atoms with Gasteiger partial charge in [-0.2, -0.15) is 28.6 Å². The van der Waals surface area contributed by atoms with E-state index in [9.17, 15) is 13.2 Å². The Morgan fingerprint density at radius 3 is 2.74 bits per heavy atom. The number of halogens is 3. The van der Waals surface area contributed by atoms with Gasteiger partial charge in [0.05, 0.1) is 18.6 Å². The van der Waals surface area contributed by atoms with Gasteiger partial charge in [-0.1, -0.05) is 12.1 Å². The average Bonchev–Trinajstić information content (AvgIpc) is 3.36. The summed E-state index contributed by atoms with van der Waals surface area (Å²) in [6.07, 6.45) is 3.87. The SMILES string of the molecule is FC(F)(F)c1n[nH]nc1-c1ccnc(-c2cn(C[C@@H]3CCOc4ccc(C5CC5)cc43)cn2)c1. The number of imidazole rings is 1. The maximum absolute atomic E-state index is 13.2. The lowest BCUT2D eigenvalue weighted by Crippen LogP contribution is -2.18. The van der Waals surface area contributed by atoms with Gasteiger partial charge in [-0.15, -0.1) is 0 Å². The van der Waals surface area contributed by atoms with Gasteiger partial charge in [0.2, 0.25) is 0 Å². The molecule has 0 bridgehead atoms. The molecule has 0 amide bonds. The third-order valence-electron chi connectivity index (χ3n) is 6.42. The third-order valence-corrected chi connectivity index (χ3v) is 6.42. The molecule has 2 aliphatic rings. The van der Waals surface area contributed by atoms with Crippen LogP contribution in [0.1, 0.15) is 47.9 Å². The summed E-state index contributed by atoms with van der Waals surface area (Å²) >= 11 is 0. The summed E-state index contributed by atoms with van der Waals surface area (Å²) < 4.78 is 47.6. The topological polar surface area (TPSA) is 81.5 Å². The van der Waals surface area contributed by atoms with E-state index in [-0.39, 0.29) is 11.3 Å². The molecule has 1 aromatic carbocycles. The van der Waals surface area contributed by atoms with Crippen molar-refractivity contribution in [2.75, 3.05) is 6.61 Å². The molecule has 1 saturated carbocycles. The van der Waals surface area contributed by atoms with Crippen LogP contribution in [0.5, 0.6) is 5.75 Å². The second-order valence-corrected chi connectivity index (χ2v) is 8.81. The van der Waals surface area contributed by atoms with Crippen LogP contribution in [0.25, 0.3) is 22.6 Å². The number of aromatic nitrogens is 6. The van der Waals surface area contributed by atoms with Crippen molar-refractivity contribution in [3.63, 3.8) is 0 Å². The minimum Gasteiger partial charge on any atom is -0.493 e. The molecule has 1 aliphatic carbocycles. The van der Waals surface area contributed by atoms with Crippen LogP contribution in [-0.4, -0.2) is 36.6 Å². The summed E-state index contributed by atoms with van der Waals surface area (Å²) in [5.41, 5.74) is 2.62. The summed E-state index contributed by atoms with van der Waals surface area (Å²) in [4.78, 5) is 8.77. The zero-order valence-corrected chi connectivity index (χ0v) is 18.1. The molecule has 6 rings (SSSR count). The predicted molar refractivity (Wildman–Crippen MR) is 117 cm³/mol. The van der Waals surface area contributed by atoms with Crippen LogP contribution in [0.3, 0.4) is 0 Å². The molecule has 1 fully saturated rings. The predicted octanol–water partition coefficient (Wildman–Crippen LogP) is 5.19. The zero-order chi connectivity index (χ0) is 23.3. The summed E-state index contributed by atoms with van der Waals surface area (Å²) in [5.74, 6) is 1.92. The smallest absolute Gasteiger partial charge is 0.437 e.